The van der Waals surface area contributed by atoms with Gasteiger partial charge in [0.2, 0.25) is 0 Å². The monoisotopic (exact) mass is 533 g/mol. The smallest absolute Gasteiger partial charge is 0.164 e. The molecule has 0 saturated heterocycles. The number of benzene rings is 3. The first kappa shape index (κ1) is 29.6. The first-order valence-corrected chi connectivity index (χ1v) is 15.4. The molecule has 0 unspecified atom stereocenters. The Bertz CT molecular complexity index is 1320. The summed E-state index contributed by atoms with van der Waals surface area (Å²) in [5.74, 6) is 2.26. The molecule has 0 spiro atoms. The van der Waals surface area contributed by atoms with Crippen LogP contribution < -0.4 is 0 Å². The molecule has 0 radical (unpaired) electrons. The highest BCUT2D eigenvalue weighted by Gasteiger charge is 2.16. The van der Waals surface area contributed by atoms with Gasteiger partial charge < -0.3 is 0 Å². The number of hydrogen-bond donors (Lipinski definition) is 0. The summed E-state index contributed by atoms with van der Waals surface area (Å²) in [6, 6.07) is 20.1. The molecule has 1 heterocycles. The molecule has 210 valence electrons. The van der Waals surface area contributed by atoms with Crippen molar-refractivity contribution in [1.29, 1.82) is 0 Å². The highest BCUT2D eigenvalue weighted by atomic mass is 15.0. The van der Waals surface area contributed by atoms with E-state index in [4.69, 9.17) is 15.0 Å². The second-order valence-electron chi connectivity index (χ2n) is 11.6. The predicted octanol–water partition coefficient (Wildman–Crippen LogP) is 10.4. The van der Waals surface area contributed by atoms with Crippen molar-refractivity contribution in [2.75, 3.05) is 0 Å². The number of aromatic nitrogens is 3. The van der Waals surface area contributed by atoms with Crippen LogP contribution in [0, 0.1) is 27.7 Å². The number of nitrogens with zero attached hydrogens (tertiary/aromatic N) is 3. The third-order valence-corrected chi connectivity index (χ3v) is 7.83. The summed E-state index contributed by atoms with van der Waals surface area (Å²) < 4.78 is 0. The van der Waals surface area contributed by atoms with E-state index in [-0.39, 0.29) is 0 Å². The average Bonchev–Trinajstić information content (AvgIpc) is 2.93. The third-order valence-electron chi connectivity index (χ3n) is 7.83. The summed E-state index contributed by atoms with van der Waals surface area (Å²) >= 11 is 0. The summed E-state index contributed by atoms with van der Waals surface area (Å²) in [5.41, 5.74) is 10.9. The van der Waals surface area contributed by atoms with Gasteiger partial charge in [0.25, 0.3) is 0 Å². The molecule has 0 bridgehead atoms. The van der Waals surface area contributed by atoms with Gasteiger partial charge in [0.1, 0.15) is 0 Å². The largest absolute Gasteiger partial charge is 0.208 e. The van der Waals surface area contributed by atoms with Crippen molar-refractivity contribution in [2.24, 2.45) is 0 Å². The fourth-order valence-corrected chi connectivity index (χ4v) is 5.57. The van der Waals surface area contributed by atoms with Gasteiger partial charge >= 0.3 is 0 Å². The van der Waals surface area contributed by atoms with Crippen LogP contribution in [0.2, 0.25) is 0 Å². The second-order valence-corrected chi connectivity index (χ2v) is 11.6. The highest BCUT2D eigenvalue weighted by molar-refractivity contribution is 5.70. The molecule has 0 aliphatic carbocycles. The first-order chi connectivity index (χ1) is 19.4. The van der Waals surface area contributed by atoms with Gasteiger partial charge in [-0.3, -0.25) is 0 Å². The van der Waals surface area contributed by atoms with Crippen molar-refractivity contribution in [2.45, 2.75) is 106 Å². The van der Waals surface area contributed by atoms with Gasteiger partial charge in [-0.25, -0.2) is 15.0 Å². The maximum absolute atomic E-state index is 5.12. The Morgan fingerprint density at radius 2 is 0.925 bits per heavy atom. The SMILES string of the molecule is CCCCCCc1cc(CCCCCC)cc(-c2nc(-c3ccc(C)cc3C)nc(-c3ccc(C)cc3C)n2)c1. The quantitative estimate of drug-likeness (QED) is 0.160. The zero-order valence-electron chi connectivity index (χ0n) is 25.6. The lowest BCUT2D eigenvalue weighted by atomic mass is 9.97. The van der Waals surface area contributed by atoms with Crippen LogP contribution in [0.25, 0.3) is 34.2 Å². The Labute approximate surface area is 242 Å². The molecule has 3 heteroatoms. The fourth-order valence-electron chi connectivity index (χ4n) is 5.57. The molecule has 3 aromatic carbocycles. The van der Waals surface area contributed by atoms with Crippen LogP contribution in [0.4, 0.5) is 0 Å². The van der Waals surface area contributed by atoms with Gasteiger partial charge in [-0.2, -0.15) is 0 Å². The summed E-state index contributed by atoms with van der Waals surface area (Å²) in [6.45, 7) is 13.1. The molecule has 0 saturated carbocycles. The van der Waals surface area contributed by atoms with E-state index in [0.717, 1.165) is 47.0 Å². The van der Waals surface area contributed by atoms with E-state index in [1.165, 1.54) is 84.7 Å². The molecule has 3 nitrogen and oxygen atoms in total. The molecule has 0 N–H and O–H groups in total. The van der Waals surface area contributed by atoms with Crippen molar-refractivity contribution in [3.8, 4) is 34.2 Å². The average molecular weight is 534 g/mol. The highest BCUT2D eigenvalue weighted by Crippen LogP contribution is 2.30. The third kappa shape index (κ3) is 7.87. The predicted molar refractivity (Wildman–Crippen MR) is 171 cm³/mol. The van der Waals surface area contributed by atoms with Gasteiger partial charge in [-0.15, -0.1) is 0 Å². The van der Waals surface area contributed by atoms with Crippen LogP contribution in [-0.4, -0.2) is 15.0 Å². The summed E-state index contributed by atoms with van der Waals surface area (Å²) in [6.07, 6.45) is 12.4. The second kappa shape index (κ2) is 14.3. The Morgan fingerprint density at radius 1 is 0.475 bits per heavy atom. The Kier molecular flexibility index (Phi) is 10.6. The molecule has 0 fully saturated rings. The number of aryl methyl sites for hydroxylation is 6. The Hall–Kier alpha value is -3.33. The van der Waals surface area contributed by atoms with E-state index in [9.17, 15) is 0 Å². The zero-order valence-corrected chi connectivity index (χ0v) is 25.6. The molecule has 4 aromatic rings. The molecular weight excluding hydrogens is 486 g/mol. The van der Waals surface area contributed by atoms with Gasteiger partial charge in [0, 0.05) is 16.7 Å². The van der Waals surface area contributed by atoms with E-state index in [1.807, 2.05) is 0 Å². The number of unbranched alkanes of at least 4 members (excludes halogenated alkanes) is 6. The number of hydrogen-bond acceptors (Lipinski definition) is 3. The van der Waals surface area contributed by atoms with Crippen LogP contribution in [0.15, 0.2) is 54.6 Å². The molecule has 40 heavy (non-hydrogen) atoms. The van der Waals surface area contributed by atoms with E-state index >= 15 is 0 Å². The van der Waals surface area contributed by atoms with E-state index in [1.54, 1.807) is 0 Å². The summed E-state index contributed by atoms with van der Waals surface area (Å²) in [5, 5.41) is 0. The van der Waals surface area contributed by atoms with Gasteiger partial charge in [-0.1, -0.05) is 106 Å². The lowest BCUT2D eigenvalue weighted by molar-refractivity contribution is 0.661. The van der Waals surface area contributed by atoms with Crippen LogP contribution in [0.3, 0.4) is 0 Å². The zero-order chi connectivity index (χ0) is 28.5. The van der Waals surface area contributed by atoms with Crippen LogP contribution in [0.5, 0.6) is 0 Å². The Balaban J connectivity index is 1.82. The van der Waals surface area contributed by atoms with Crippen molar-refractivity contribution < 1.29 is 0 Å². The van der Waals surface area contributed by atoms with Crippen LogP contribution in [-0.2, 0) is 12.8 Å². The van der Waals surface area contributed by atoms with Crippen LogP contribution >= 0.6 is 0 Å². The summed E-state index contributed by atoms with van der Waals surface area (Å²) in [7, 11) is 0. The first-order valence-electron chi connectivity index (χ1n) is 15.4. The van der Waals surface area contributed by atoms with Crippen LogP contribution in [0.1, 0.15) is 98.6 Å². The maximum atomic E-state index is 5.12. The summed E-state index contributed by atoms with van der Waals surface area (Å²) in [4.78, 5) is 15.3. The maximum Gasteiger partial charge on any atom is 0.164 e. The minimum Gasteiger partial charge on any atom is -0.208 e. The van der Waals surface area contributed by atoms with Crippen molar-refractivity contribution in [3.63, 3.8) is 0 Å². The van der Waals surface area contributed by atoms with E-state index in [0.29, 0.717) is 0 Å². The normalized spacial score (nSPS) is 11.2. The molecule has 0 aliphatic rings. The number of rotatable bonds is 13. The molecule has 4 rings (SSSR count). The van der Waals surface area contributed by atoms with E-state index in [2.05, 4.69) is 96.1 Å². The molecular formula is C37H47N3. The minimum atomic E-state index is 0.746. The van der Waals surface area contributed by atoms with Gasteiger partial charge in [0.05, 0.1) is 0 Å². The van der Waals surface area contributed by atoms with Crippen molar-refractivity contribution in [3.05, 3.63) is 88.0 Å². The molecule has 1 aromatic heterocycles. The molecule has 0 atom stereocenters. The fraction of sp³-hybridized carbons (Fsp3) is 0.432. The van der Waals surface area contributed by atoms with E-state index < -0.39 is 0 Å². The lowest BCUT2D eigenvalue weighted by Gasteiger charge is -2.14. The van der Waals surface area contributed by atoms with Crippen molar-refractivity contribution in [1.82, 2.24) is 15.0 Å². The lowest BCUT2D eigenvalue weighted by Crippen LogP contribution is -2.03. The Morgan fingerprint density at radius 3 is 1.35 bits per heavy atom. The minimum absolute atomic E-state index is 0.746. The molecule has 0 amide bonds. The standard InChI is InChI=1S/C37H47N3/c1-7-9-11-13-15-30-23-31(16-14-12-10-8-2)25-32(24-30)35-38-36(33-19-17-26(3)21-28(33)5)40-37(39-35)34-20-18-27(4)22-29(34)6/h17-25H,7-16H2,1-6H3. The molecule has 0 aliphatic heterocycles. The van der Waals surface area contributed by atoms with Gasteiger partial charge in [-0.05, 0) is 87.8 Å². The van der Waals surface area contributed by atoms with Crippen molar-refractivity contribution >= 4 is 0 Å². The van der Waals surface area contributed by atoms with Gasteiger partial charge in [0.15, 0.2) is 17.5 Å². The topological polar surface area (TPSA) is 38.7 Å².